The van der Waals surface area contributed by atoms with Crippen LogP contribution in [-0.2, 0) is 4.79 Å². The molecule has 0 aromatic heterocycles. The predicted molar refractivity (Wildman–Crippen MR) is 118 cm³/mol. The highest BCUT2D eigenvalue weighted by molar-refractivity contribution is 6.13. The molecule has 1 N–H and O–H groups in total. The van der Waals surface area contributed by atoms with Gasteiger partial charge in [-0.2, -0.15) is 0 Å². The Morgan fingerprint density at radius 1 is 0.844 bits per heavy atom. The molecule has 32 heavy (non-hydrogen) atoms. The molecular formula is C27H23FO4. The molecular weight excluding hydrogens is 407 g/mol. The second-order valence-electron chi connectivity index (χ2n) is 8.49. The predicted octanol–water partition coefficient (Wildman–Crippen LogP) is 4.63. The van der Waals surface area contributed by atoms with Gasteiger partial charge in [-0.1, -0.05) is 72.8 Å². The smallest absolute Gasteiger partial charge is 0.173 e. The van der Waals surface area contributed by atoms with Crippen LogP contribution in [-0.4, -0.2) is 28.1 Å². The van der Waals surface area contributed by atoms with Crippen molar-refractivity contribution in [1.29, 1.82) is 0 Å². The molecule has 0 radical (unpaired) electrons. The average Bonchev–Trinajstić information content (AvgIpc) is 2.79. The summed E-state index contributed by atoms with van der Waals surface area (Å²) in [6, 6.07) is 22.3. The number of carbonyl (C=O) groups excluding carboxylic acids is 3. The highest BCUT2D eigenvalue weighted by Gasteiger charge is 2.55. The minimum atomic E-state index is -1.67. The Labute approximate surface area is 185 Å². The lowest BCUT2D eigenvalue weighted by molar-refractivity contribution is -0.134. The molecule has 5 heteroatoms. The third-order valence-corrected chi connectivity index (χ3v) is 6.20. The molecule has 3 aromatic carbocycles. The van der Waals surface area contributed by atoms with Crippen LogP contribution in [0.25, 0.3) is 0 Å². The van der Waals surface area contributed by atoms with Gasteiger partial charge in [-0.15, -0.1) is 0 Å². The van der Waals surface area contributed by atoms with Crippen LogP contribution >= 0.6 is 0 Å². The zero-order valence-electron chi connectivity index (χ0n) is 17.6. The number of aliphatic hydroxyl groups is 1. The first-order valence-electron chi connectivity index (χ1n) is 10.5. The molecule has 0 saturated heterocycles. The van der Waals surface area contributed by atoms with Gasteiger partial charge in [0.15, 0.2) is 11.6 Å². The fourth-order valence-electron chi connectivity index (χ4n) is 4.74. The van der Waals surface area contributed by atoms with E-state index in [-0.39, 0.29) is 12.2 Å². The van der Waals surface area contributed by atoms with Crippen molar-refractivity contribution < 1.29 is 23.9 Å². The van der Waals surface area contributed by atoms with Crippen LogP contribution in [0.4, 0.5) is 4.39 Å². The number of ketones is 3. The molecule has 4 atom stereocenters. The standard InChI is InChI=1S/C27H23FO4/c1-27(32)16-21(29)23(25(30)18-8-4-2-5-9-18)22(17-12-14-20(28)15-13-17)24(27)26(31)19-10-6-3-7-11-19/h2-15,22-24,32H,16H2,1H3/t22-,23+,24+,27-/m0/s1. The van der Waals surface area contributed by atoms with Gasteiger partial charge in [-0.25, -0.2) is 4.39 Å². The molecule has 1 aliphatic carbocycles. The van der Waals surface area contributed by atoms with E-state index in [1.54, 1.807) is 60.7 Å². The number of hydrogen-bond donors (Lipinski definition) is 1. The van der Waals surface area contributed by atoms with E-state index < -0.39 is 40.7 Å². The normalized spacial score (nSPS) is 25.3. The minimum Gasteiger partial charge on any atom is -0.389 e. The molecule has 0 spiro atoms. The lowest BCUT2D eigenvalue weighted by atomic mass is 9.58. The molecule has 162 valence electrons. The second-order valence-corrected chi connectivity index (χ2v) is 8.49. The number of Topliss-reactive ketones (excluding diaryl/α,β-unsaturated/α-hetero) is 3. The lowest BCUT2D eigenvalue weighted by Gasteiger charge is -2.45. The van der Waals surface area contributed by atoms with Crippen molar-refractivity contribution in [3.63, 3.8) is 0 Å². The molecule has 0 heterocycles. The van der Waals surface area contributed by atoms with Gasteiger partial charge >= 0.3 is 0 Å². The largest absolute Gasteiger partial charge is 0.389 e. The van der Waals surface area contributed by atoms with E-state index in [1.165, 1.54) is 31.2 Å². The Hall–Kier alpha value is -3.44. The Bertz CT molecular complexity index is 1140. The number of benzene rings is 3. The summed E-state index contributed by atoms with van der Waals surface area (Å²) in [7, 11) is 0. The lowest BCUT2D eigenvalue weighted by Crippen LogP contribution is -2.54. The highest BCUT2D eigenvalue weighted by atomic mass is 19.1. The molecule has 1 saturated carbocycles. The van der Waals surface area contributed by atoms with Gasteiger partial charge < -0.3 is 5.11 Å². The number of carbonyl (C=O) groups is 3. The topological polar surface area (TPSA) is 71.4 Å². The number of hydrogen-bond acceptors (Lipinski definition) is 4. The van der Waals surface area contributed by atoms with Crippen LogP contribution in [0.3, 0.4) is 0 Å². The zero-order valence-corrected chi connectivity index (χ0v) is 17.6. The summed E-state index contributed by atoms with van der Waals surface area (Å²) in [5, 5.41) is 11.3. The van der Waals surface area contributed by atoms with Gasteiger partial charge in [0.05, 0.1) is 17.4 Å². The van der Waals surface area contributed by atoms with Crippen LogP contribution in [0.5, 0.6) is 0 Å². The van der Waals surface area contributed by atoms with Gasteiger partial charge in [-0.3, -0.25) is 14.4 Å². The van der Waals surface area contributed by atoms with Crippen LogP contribution in [0.1, 0.15) is 45.5 Å². The van der Waals surface area contributed by atoms with Crippen molar-refractivity contribution in [2.75, 3.05) is 0 Å². The minimum absolute atomic E-state index is 0.322. The van der Waals surface area contributed by atoms with Crippen molar-refractivity contribution in [2.24, 2.45) is 11.8 Å². The summed E-state index contributed by atoms with van der Waals surface area (Å²) in [4.78, 5) is 40.3. The SMILES string of the molecule is C[C@]1(O)CC(=O)[C@@H](C(=O)c2ccccc2)[C@H](c2ccc(F)cc2)[C@@H]1C(=O)c1ccccc1. The monoisotopic (exact) mass is 430 g/mol. The van der Waals surface area contributed by atoms with E-state index in [4.69, 9.17) is 0 Å². The summed E-state index contributed by atoms with van der Waals surface area (Å²) in [6.45, 7) is 1.45. The molecule has 0 aliphatic heterocycles. The van der Waals surface area contributed by atoms with Crippen molar-refractivity contribution in [3.05, 3.63) is 107 Å². The maximum Gasteiger partial charge on any atom is 0.173 e. The van der Waals surface area contributed by atoms with Crippen molar-refractivity contribution >= 4 is 17.3 Å². The summed E-state index contributed by atoms with van der Waals surface area (Å²) in [5.41, 5.74) is -0.477. The quantitative estimate of drug-likeness (QED) is 0.473. The summed E-state index contributed by atoms with van der Waals surface area (Å²) < 4.78 is 13.7. The highest BCUT2D eigenvalue weighted by Crippen LogP contribution is 2.48. The van der Waals surface area contributed by atoms with E-state index in [2.05, 4.69) is 0 Å². The molecule has 1 aliphatic rings. The van der Waals surface area contributed by atoms with Crippen molar-refractivity contribution in [1.82, 2.24) is 0 Å². The van der Waals surface area contributed by atoms with Crippen LogP contribution in [0.2, 0.25) is 0 Å². The third kappa shape index (κ3) is 4.04. The molecule has 4 nitrogen and oxygen atoms in total. The van der Waals surface area contributed by atoms with Crippen LogP contribution in [0.15, 0.2) is 84.9 Å². The Kier molecular flexibility index (Phi) is 5.85. The average molecular weight is 430 g/mol. The van der Waals surface area contributed by atoms with Gasteiger partial charge in [0.1, 0.15) is 11.6 Å². The summed E-state index contributed by atoms with van der Waals surface area (Å²) >= 11 is 0. The first-order valence-corrected chi connectivity index (χ1v) is 10.5. The van der Waals surface area contributed by atoms with Crippen molar-refractivity contribution in [3.8, 4) is 0 Å². The molecule has 0 amide bonds. The van der Waals surface area contributed by atoms with E-state index in [1.807, 2.05) is 0 Å². The molecule has 3 aromatic rings. The van der Waals surface area contributed by atoms with Crippen molar-refractivity contribution in [2.45, 2.75) is 24.9 Å². The van der Waals surface area contributed by atoms with Gasteiger partial charge in [0.25, 0.3) is 0 Å². The molecule has 0 bridgehead atoms. The zero-order chi connectivity index (χ0) is 22.9. The third-order valence-electron chi connectivity index (χ3n) is 6.20. The van der Waals surface area contributed by atoms with Gasteiger partial charge in [-0.05, 0) is 24.6 Å². The Morgan fingerprint density at radius 3 is 1.88 bits per heavy atom. The summed E-state index contributed by atoms with van der Waals surface area (Å²) in [5.74, 6) is -4.84. The Balaban J connectivity index is 1.89. The van der Waals surface area contributed by atoms with Crippen LogP contribution < -0.4 is 0 Å². The first kappa shape index (κ1) is 21.8. The van der Waals surface area contributed by atoms with E-state index in [9.17, 15) is 23.9 Å². The van der Waals surface area contributed by atoms with E-state index in [0.29, 0.717) is 16.7 Å². The molecule has 4 rings (SSSR count). The van der Waals surface area contributed by atoms with Crippen LogP contribution in [0, 0.1) is 17.7 Å². The number of halogens is 1. The Morgan fingerprint density at radius 2 is 1.34 bits per heavy atom. The van der Waals surface area contributed by atoms with E-state index in [0.717, 1.165) is 0 Å². The summed E-state index contributed by atoms with van der Waals surface area (Å²) in [6.07, 6.45) is -0.322. The molecule has 0 unspecified atom stereocenters. The maximum absolute atomic E-state index is 13.7. The fourth-order valence-corrected chi connectivity index (χ4v) is 4.74. The van der Waals surface area contributed by atoms with Gasteiger partial charge in [0.2, 0.25) is 0 Å². The number of rotatable bonds is 5. The van der Waals surface area contributed by atoms with E-state index >= 15 is 0 Å². The van der Waals surface area contributed by atoms with Gasteiger partial charge in [0, 0.05) is 23.5 Å². The fraction of sp³-hybridized carbons (Fsp3) is 0.222. The molecule has 1 fully saturated rings. The second kappa shape index (κ2) is 8.60. The first-order chi connectivity index (χ1) is 15.3. The maximum atomic E-state index is 13.7.